The molecule has 3 N–H and O–H groups in total. The number of aromatic amines is 2. The van der Waals surface area contributed by atoms with E-state index in [1.54, 1.807) is 0 Å². The Balaban J connectivity index is 1.36. The molecule has 1 amide bonds. The fraction of sp³-hybridized carbons (Fsp3) is 0.105. The van der Waals surface area contributed by atoms with Crippen molar-refractivity contribution < 1.29 is 4.79 Å². The summed E-state index contributed by atoms with van der Waals surface area (Å²) in [5, 5.41) is 11.1. The highest BCUT2D eigenvalue weighted by Crippen LogP contribution is 2.15. The van der Waals surface area contributed by atoms with E-state index in [9.17, 15) is 4.79 Å². The highest BCUT2D eigenvalue weighted by molar-refractivity contribution is 5.97. The smallest absolute Gasteiger partial charge is 0.251 e. The second kappa shape index (κ2) is 6.60. The Labute approximate surface area is 144 Å². The quantitative estimate of drug-likeness (QED) is 0.525. The van der Waals surface area contributed by atoms with Crippen molar-refractivity contribution in [3.63, 3.8) is 0 Å². The second-order valence-corrected chi connectivity index (χ2v) is 5.76. The molecule has 0 aliphatic heterocycles. The summed E-state index contributed by atoms with van der Waals surface area (Å²) in [6, 6.07) is 17.4. The van der Waals surface area contributed by atoms with Crippen LogP contribution in [-0.2, 0) is 6.42 Å². The number of amides is 1. The van der Waals surface area contributed by atoms with E-state index in [1.807, 2.05) is 60.8 Å². The van der Waals surface area contributed by atoms with E-state index in [2.05, 4.69) is 25.5 Å². The summed E-state index contributed by atoms with van der Waals surface area (Å²) < 4.78 is 0. The van der Waals surface area contributed by atoms with E-state index in [-0.39, 0.29) is 5.91 Å². The number of hydrogen-bond acceptors (Lipinski definition) is 3. The molecule has 0 radical (unpaired) electrons. The predicted molar refractivity (Wildman–Crippen MR) is 96.2 cm³/mol. The minimum absolute atomic E-state index is 0.0979. The Bertz CT molecular complexity index is 1000. The maximum absolute atomic E-state index is 12.3. The first kappa shape index (κ1) is 15.1. The summed E-state index contributed by atoms with van der Waals surface area (Å²) >= 11 is 0. The van der Waals surface area contributed by atoms with Gasteiger partial charge in [0.15, 0.2) is 5.82 Å². The Hall–Kier alpha value is -3.41. The van der Waals surface area contributed by atoms with E-state index < -0.39 is 0 Å². The molecule has 0 spiro atoms. The number of carbonyl (C=O) groups excluding carboxylic acids is 1. The number of benzene rings is 2. The van der Waals surface area contributed by atoms with Crippen LogP contribution in [0, 0.1) is 0 Å². The molecule has 0 aliphatic rings. The number of hydrogen-bond donors (Lipinski definition) is 3. The van der Waals surface area contributed by atoms with Crippen molar-refractivity contribution in [2.24, 2.45) is 0 Å². The lowest BCUT2D eigenvalue weighted by molar-refractivity contribution is 0.0954. The summed E-state index contributed by atoms with van der Waals surface area (Å²) in [5.74, 6) is 1.32. The van der Waals surface area contributed by atoms with Crippen LogP contribution in [-0.4, -0.2) is 32.6 Å². The molecule has 6 nitrogen and oxygen atoms in total. The van der Waals surface area contributed by atoms with Gasteiger partial charge in [0, 0.05) is 35.8 Å². The van der Waals surface area contributed by atoms with Gasteiger partial charge < -0.3 is 10.3 Å². The molecular weight excluding hydrogens is 314 g/mol. The van der Waals surface area contributed by atoms with Gasteiger partial charge in [-0.15, -0.1) is 0 Å². The molecular formula is C19H17N5O. The topological polar surface area (TPSA) is 86.5 Å². The lowest BCUT2D eigenvalue weighted by atomic mass is 10.1. The van der Waals surface area contributed by atoms with Crippen molar-refractivity contribution in [1.82, 2.24) is 25.5 Å². The summed E-state index contributed by atoms with van der Waals surface area (Å²) in [6.45, 7) is 0.491. The van der Waals surface area contributed by atoms with Crippen molar-refractivity contribution >= 4 is 16.8 Å². The third-order valence-corrected chi connectivity index (χ3v) is 4.03. The van der Waals surface area contributed by atoms with Gasteiger partial charge in [0.25, 0.3) is 5.91 Å². The monoisotopic (exact) mass is 331 g/mol. The van der Waals surface area contributed by atoms with E-state index in [4.69, 9.17) is 0 Å². The molecule has 0 saturated carbocycles. The van der Waals surface area contributed by atoms with Crippen LogP contribution in [0.1, 0.15) is 16.2 Å². The number of aromatic nitrogens is 4. The lowest BCUT2D eigenvalue weighted by Crippen LogP contribution is -2.25. The molecule has 0 unspecified atom stereocenters. The van der Waals surface area contributed by atoms with Crippen LogP contribution >= 0.6 is 0 Å². The van der Waals surface area contributed by atoms with Crippen LogP contribution < -0.4 is 5.32 Å². The van der Waals surface area contributed by atoms with Crippen LogP contribution in [0.4, 0.5) is 0 Å². The van der Waals surface area contributed by atoms with Crippen LogP contribution in [0.2, 0.25) is 0 Å². The summed E-state index contributed by atoms with van der Waals surface area (Å²) in [7, 11) is 0. The second-order valence-electron chi connectivity index (χ2n) is 5.76. The first-order valence-corrected chi connectivity index (χ1v) is 8.12. The van der Waals surface area contributed by atoms with Gasteiger partial charge in [-0.1, -0.05) is 36.4 Å². The molecule has 2 aromatic carbocycles. The van der Waals surface area contributed by atoms with Gasteiger partial charge in [-0.25, -0.2) is 4.98 Å². The molecule has 0 saturated heterocycles. The van der Waals surface area contributed by atoms with E-state index >= 15 is 0 Å². The first-order chi connectivity index (χ1) is 12.3. The maximum atomic E-state index is 12.3. The highest BCUT2D eigenvalue weighted by Gasteiger charge is 2.08. The van der Waals surface area contributed by atoms with Gasteiger partial charge in [0.1, 0.15) is 5.82 Å². The van der Waals surface area contributed by atoms with Crippen molar-refractivity contribution in [1.29, 1.82) is 0 Å². The SMILES string of the molecule is O=C(NCCc1nc(-c2ccccc2)n[nH]1)c1ccc2cc[nH]c2c1. The molecule has 25 heavy (non-hydrogen) atoms. The number of nitrogens with one attached hydrogen (secondary N) is 3. The minimum atomic E-state index is -0.0979. The van der Waals surface area contributed by atoms with E-state index in [1.165, 1.54) is 0 Å². The van der Waals surface area contributed by atoms with Gasteiger partial charge in [-0.05, 0) is 23.6 Å². The molecule has 4 rings (SSSR count). The first-order valence-electron chi connectivity index (χ1n) is 8.12. The molecule has 124 valence electrons. The van der Waals surface area contributed by atoms with Gasteiger partial charge in [-0.2, -0.15) is 5.10 Å². The predicted octanol–water partition coefficient (Wildman–Crippen LogP) is 2.93. The molecule has 2 aromatic heterocycles. The fourth-order valence-corrected chi connectivity index (χ4v) is 2.71. The van der Waals surface area contributed by atoms with Gasteiger partial charge in [-0.3, -0.25) is 9.89 Å². The summed E-state index contributed by atoms with van der Waals surface area (Å²) in [6.07, 6.45) is 2.46. The number of carbonyl (C=O) groups is 1. The van der Waals surface area contributed by atoms with Crippen LogP contribution in [0.25, 0.3) is 22.3 Å². The average molecular weight is 331 g/mol. The lowest BCUT2D eigenvalue weighted by Gasteiger charge is -2.04. The number of fused-ring (bicyclic) bond motifs is 1. The average Bonchev–Trinajstić information content (AvgIpc) is 3.31. The minimum Gasteiger partial charge on any atom is -0.361 e. The highest BCUT2D eigenvalue weighted by atomic mass is 16.1. The standard InChI is InChI=1S/C19H17N5O/c25-19(15-7-6-13-8-10-20-16(13)12-15)21-11-9-17-22-18(24-23-17)14-4-2-1-3-5-14/h1-8,10,12,20H,9,11H2,(H,21,25)(H,22,23,24). The third-order valence-electron chi connectivity index (χ3n) is 4.03. The molecule has 6 heteroatoms. The molecule has 0 bridgehead atoms. The van der Waals surface area contributed by atoms with Crippen molar-refractivity contribution in [2.45, 2.75) is 6.42 Å². The number of rotatable bonds is 5. The van der Waals surface area contributed by atoms with E-state index in [0.717, 1.165) is 22.3 Å². The Kier molecular flexibility index (Phi) is 4.00. The molecule has 4 aromatic rings. The van der Waals surface area contributed by atoms with Gasteiger partial charge in [0.2, 0.25) is 0 Å². The van der Waals surface area contributed by atoms with Gasteiger partial charge >= 0.3 is 0 Å². The van der Waals surface area contributed by atoms with Crippen LogP contribution in [0.5, 0.6) is 0 Å². The largest absolute Gasteiger partial charge is 0.361 e. The Morgan fingerprint density at radius 1 is 1.08 bits per heavy atom. The normalized spacial score (nSPS) is 10.9. The number of H-pyrrole nitrogens is 2. The number of nitrogens with zero attached hydrogens (tertiary/aromatic N) is 2. The summed E-state index contributed by atoms with van der Waals surface area (Å²) in [5.41, 5.74) is 2.56. The van der Waals surface area contributed by atoms with Crippen LogP contribution in [0.15, 0.2) is 60.8 Å². The Morgan fingerprint density at radius 3 is 2.84 bits per heavy atom. The summed E-state index contributed by atoms with van der Waals surface area (Å²) in [4.78, 5) is 19.8. The van der Waals surface area contributed by atoms with Gasteiger partial charge in [0.05, 0.1) is 0 Å². The zero-order chi connectivity index (χ0) is 17.1. The van der Waals surface area contributed by atoms with Crippen molar-refractivity contribution in [2.75, 3.05) is 6.54 Å². The molecule has 0 fully saturated rings. The molecule has 2 heterocycles. The van der Waals surface area contributed by atoms with Crippen molar-refractivity contribution in [3.8, 4) is 11.4 Å². The maximum Gasteiger partial charge on any atom is 0.251 e. The zero-order valence-corrected chi connectivity index (χ0v) is 13.5. The molecule has 0 aliphatic carbocycles. The van der Waals surface area contributed by atoms with E-state index in [0.29, 0.717) is 24.4 Å². The fourth-order valence-electron chi connectivity index (χ4n) is 2.71. The third kappa shape index (κ3) is 3.28. The molecule has 0 atom stereocenters. The van der Waals surface area contributed by atoms with Crippen molar-refractivity contribution in [3.05, 3.63) is 72.2 Å². The Morgan fingerprint density at radius 2 is 1.96 bits per heavy atom. The van der Waals surface area contributed by atoms with Crippen LogP contribution in [0.3, 0.4) is 0 Å². The zero-order valence-electron chi connectivity index (χ0n) is 13.5.